The molecule has 3 aliphatic carbocycles. The molecule has 0 amide bonds. The number of ether oxygens (including phenoxy) is 1. The maximum absolute atomic E-state index is 6.01. The van der Waals surface area contributed by atoms with E-state index in [0.29, 0.717) is 6.10 Å². The second-order valence-electron chi connectivity index (χ2n) is 6.97. The molecule has 0 radical (unpaired) electrons. The Labute approximate surface area is 127 Å². The normalized spacial score (nSPS) is 31.0. The fourth-order valence-corrected chi connectivity index (χ4v) is 4.23. The first-order chi connectivity index (χ1) is 10.4. The Morgan fingerprint density at radius 2 is 1.81 bits per heavy atom. The van der Waals surface area contributed by atoms with Gasteiger partial charge in [-0.15, -0.1) is 0 Å². The molecule has 2 bridgehead atoms. The maximum Gasteiger partial charge on any atom is 0.119 e. The van der Waals surface area contributed by atoms with Gasteiger partial charge in [-0.3, -0.25) is 0 Å². The molecule has 4 rings (SSSR count). The van der Waals surface area contributed by atoms with Crippen molar-refractivity contribution in [3.05, 3.63) is 36.4 Å². The first kappa shape index (κ1) is 13.2. The van der Waals surface area contributed by atoms with Crippen LogP contribution >= 0.6 is 0 Å². The lowest BCUT2D eigenvalue weighted by Crippen LogP contribution is -2.18. The van der Waals surface area contributed by atoms with Crippen molar-refractivity contribution in [2.24, 2.45) is 17.8 Å². The summed E-state index contributed by atoms with van der Waals surface area (Å²) in [4.78, 5) is 0. The Hall–Kier alpha value is -1.44. The highest BCUT2D eigenvalue weighted by Gasteiger charge is 2.35. The van der Waals surface area contributed by atoms with Gasteiger partial charge in [-0.25, -0.2) is 0 Å². The average Bonchev–Trinajstić information content (AvgIpc) is 3.24. The molecule has 21 heavy (non-hydrogen) atoms. The Kier molecular flexibility index (Phi) is 3.62. The van der Waals surface area contributed by atoms with E-state index >= 15 is 0 Å². The lowest BCUT2D eigenvalue weighted by atomic mass is 9.93. The summed E-state index contributed by atoms with van der Waals surface area (Å²) in [5, 5.41) is 3.60. The molecule has 0 saturated heterocycles. The molecule has 1 aromatic carbocycles. The van der Waals surface area contributed by atoms with Crippen molar-refractivity contribution in [1.29, 1.82) is 0 Å². The van der Waals surface area contributed by atoms with Crippen LogP contribution in [0.25, 0.3) is 0 Å². The second-order valence-corrected chi connectivity index (χ2v) is 6.97. The molecule has 2 heteroatoms. The monoisotopic (exact) mass is 283 g/mol. The van der Waals surface area contributed by atoms with E-state index in [9.17, 15) is 0 Å². The van der Waals surface area contributed by atoms with Crippen molar-refractivity contribution in [3.8, 4) is 5.75 Å². The van der Waals surface area contributed by atoms with E-state index in [-0.39, 0.29) is 0 Å². The van der Waals surface area contributed by atoms with Gasteiger partial charge in [0.2, 0.25) is 0 Å². The van der Waals surface area contributed by atoms with E-state index in [1.165, 1.54) is 44.2 Å². The summed E-state index contributed by atoms with van der Waals surface area (Å²) in [5.41, 5.74) is 1.22. The SMILES string of the molecule is C1=CC2CC1CC2CNc1ccc(OC2CCCC2)cc1. The van der Waals surface area contributed by atoms with E-state index in [4.69, 9.17) is 4.74 Å². The quantitative estimate of drug-likeness (QED) is 0.795. The van der Waals surface area contributed by atoms with Gasteiger partial charge in [-0.05, 0) is 80.5 Å². The van der Waals surface area contributed by atoms with Crippen molar-refractivity contribution in [1.82, 2.24) is 0 Å². The molecule has 2 saturated carbocycles. The largest absolute Gasteiger partial charge is 0.490 e. The van der Waals surface area contributed by atoms with E-state index < -0.39 is 0 Å². The molecule has 112 valence electrons. The van der Waals surface area contributed by atoms with Crippen molar-refractivity contribution in [3.63, 3.8) is 0 Å². The van der Waals surface area contributed by atoms with Gasteiger partial charge in [0.25, 0.3) is 0 Å². The van der Waals surface area contributed by atoms with Gasteiger partial charge < -0.3 is 10.1 Å². The molecule has 3 atom stereocenters. The van der Waals surface area contributed by atoms with Gasteiger partial charge in [0.1, 0.15) is 5.75 Å². The summed E-state index contributed by atoms with van der Waals surface area (Å²) in [5.74, 6) is 3.54. The van der Waals surface area contributed by atoms with Crippen LogP contribution in [0.4, 0.5) is 5.69 Å². The van der Waals surface area contributed by atoms with Crippen LogP contribution in [0.15, 0.2) is 36.4 Å². The second kappa shape index (κ2) is 5.75. The van der Waals surface area contributed by atoms with Crippen LogP contribution in [-0.2, 0) is 0 Å². The summed E-state index contributed by atoms with van der Waals surface area (Å²) in [6.07, 6.45) is 13.1. The summed E-state index contributed by atoms with van der Waals surface area (Å²) >= 11 is 0. The smallest absolute Gasteiger partial charge is 0.119 e. The predicted molar refractivity (Wildman–Crippen MR) is 86.7 cm³/mol. The number of hydrogen-bond donors (Lipinski definition) is 1. The predicted octanol–water partition coefficient (Wildman–Crippen LogP) is 4.63. The maximum atomic E-state index is 6.01. The fraction of sp³-hybridized carbons (Fsp3) is 0.579. The Morgan fingerprint density at radius 1 is 1.00 bits per heavy atom. The molecule has 0 aromatic heterocycles. The number of hydrogen-bond acceptors (Lipinski definition) is 2. The highest BCUT2D eigenvalue weighted by molar-refractivity contribution is 5.46. The van der Waals surface area contributed by atoms with Crippen molar-refractivity contribution < 1.29 is 4.74 Å². The van der Waals surface area contributed by atoms with Crippen LogP contribution in [0.2, 0.25) is 0 Å². The van der Waals surface area contributed by atoms with E-state index in [2.05, 4.69) is 41.7 Å². The molecule has 3 unspecified atom stereocenters. The zero-order valence-electron chi connectivity index (χ0n) is 12.6. The molecule has 0 aliphatic heterocycles. The molecule has 2 fully saturated rings. The van der Waals surface area contributed by atoms with Gasteiger partial charge >= 0.3 is 0 Å². The lowest BCUT2D eigenvalue weighted by molar-refractivity contribution is 0.210. The third-order valence-electron chi connectivity index (χ3n) is 5.44. The van der Waals surface area contributed by atoms with Crippen LogP contribution < -0.4 is 10.1 Å². The van der Waals surface area contributed by atoms with Gasteiger partial charge in [-0.1, -0.05) is 12.2 Å². The third kappa shape index (κ3) is 2.95. The highest BCUT2D eigenvalue weighted by atomic mass is 16.5. The van der Waals surface area contributed by atoms with Crippen LogP contribution in [0.3, 0.4) is 0 Å². The molecule has 2 nitrogen and oxygen atoms in total. The minimum atomic E-state index is 0.449. The van der Waals surface area contributed by atoms with Gasteiger partial charge in [0.05, 0.1) is 6.10 Å². The molecular formula is C19H25NO. The van der Waals surface area contributed by atoms with Crippen molar-refractivity contribution in [2.45, 2.75) is 44.6 Å². The summed E-state index contributed by atoms with van der Waals surface area (Å²) in [6.45, 7) is 1.11. The first-order valence-corrected chi connectivity index (χ1v) is 8.56. The lowest BCUT2D eigenvalue weighted by Gasteiger charge is -2.19. The topological polar surface area (TPSA) is 21.3 Å². The highest BCUT2D eigenvalue weighted by Crippen LogP contribution is 2.43. The number of benzene rings is 1. The minimum absolute atomic E-state index is 0.449. The minimum Gasteiger partial charge on any atom is -0.490 e. The first-order valence-electron chi connectivity index (χ1n) is 8.56. The number of rotatable bonds is 5. The Morgan fingerprint density at radius 3 is 2.48 bits per heavy atom. The number of allylic oxidation sites excluding steroid dienone is 2. The third-order valence-corrected chi connectivity index (χ3v) is 5.44. The Balaban J connectivity index is 1.28. The molecule has 3 aliphatic rings. The molecule has 1 aromatic rings. The van der Waals surface area contributed by atoms with E-state index in [1.54, 1.807) is 0 Å². The molecule has 0 spiro atoms. The van der Waals surface area contributed by atoms with Crippen LogP contribution in [-0.4, -0.2) is 12.6 Å². The zero-order chi connectivity index (χ0) is 14.1. The standard InChI is InChI=1S/C19H25NO/c1-2-4-18(3-1)21-19-9-7-17(8-10-19)20-13-16-12-14-5-6-15(16)11-14/h5-10,14-16,18,20H,1-4,11-13H2. The van der Waals surface area contributed by atoms with Crippen molar-refractivity contribution in [2.75, 3.05) is 11.9 Å². The van der Waals surface area contributed by atoms with Crippen molar-refractivity contribution >= 4 is 5.69 Å². The van der Waals surface area contributed by atoms with Gasteiger partial charge in [0, 0.05) is 12.2 Å². The van der Waals surface area contributed by atoms with Crippen LogP contribution in [0, 0.1) is 17.8 Å². The van der Waals surface area contributed by atoms with E-state index in [0.717, 1.165) is 30.0 Å². The summed E-state index contributed by atoms with van der Waals surface area (Å²) in [6, 6.07) is 8.55. The Bertz CT molecular complexity index is 501. The number of nitrogens with one attached hydrogen (secondary N) is 1. The number of anilines is 1. The molecule has 0 heterocycles. The molecule has 1 N–H and O–H groups in total. The average molecular weight is 283 g/mol. The zero-order valence-corrected chi connectivity index (χ0v) is 12.6. The van der Waals surface area contributed by atoms with E-state index in [1.807, 2.05) is 0 Å². The van der Waals surface area contributed by atoms with Crippen LogP contribution in [0.5, 0.6) is 5.75 Å². The summed E-state index contributed by atoms with van der Waals surface area (Å²) < 4.78 is 6.01. The van der Waals surface area contributed by atoms with Gasteiger partial charge in [-0.2, -0.15) is 0 Å². The summed E-state index contributed by atoms with van der Waals surface area (Å²) in [7, 11) is 0. The number of fused-ring (bicyclic) bond motifs is 2. The van der Waals surface area contributed by atoms with Gasteiger partial charge in [0.15, 0.2) is 0 Å². The van der Waals surface area contributed by atoms with Crippen LogP contribution in [0.1, 0.15) is 38.5 Å². The fourth-order valence-electron chi connectivity index (χ4n) is 4.23. The molecular weight excluding hydrogens is 258 g/mol.